The van der Waals surface area contributed by atoms with Crippen molar-refractivity contribution < 1.29 is 9.59 Å². The van der Waals surface area contributed by atoms with Crippen molar-refractivity contribution in [1.82, 2.24) is 4.90 Å². The number of hydrogen-bond donors (Lipinski definition) is 1. The van der Waals surface area contributed by atoms with Gasteiger partial charge in [-0.3, -0.25) is 9.59 Å². The molecule has 0 atom stereocenters. The SMILES string of the molecule is CC(C)CCN(C(=O)c1ccc(C(N)=O)cc1)C1CC1. The Hall–Kier alpha value is -1.84. The van der Waals surface area contributed by atoms with Crippen molar-refractivity contribution in [2.45, 2.75) is 39.2 Å². The molecule has 0 radical (unpaired) electrons. The van der Waals surface area contributed by atoms with Gasteiger partial charge in [-0.15, -0.1) is 0 Å². The van der Waals surface area contributed by atoms with Crippen molar-refractivity contribution in [2.75, 3.05) is 6.54 Å². The van der Waals surface area contributed by atoms with E-state index in [9.17, 15) is 9.59 Å². The number of carbonyl (C=O) groups excluding carboxylic acids is 2. The lowest BCUT2D eigenvalue weighted by molar-refractivity contribution is 0.0735. The van der Waals surface area contributed by atoms with Gasteiger partial charge in [0.15, 0.2) is 0 Å². The third kappa shape index (κ3) is 3.59. The zero-order valence-electron chi connectivity index (χ0n) is 12.1. The average molecular weight is 274 g/mol. The number of nitrogens with zero attached hydrogens (tertiary/aromatic N) is 1. The summed E-state index contributed by atoms with van der Waals surface area (Å²) < 4.78 is 0. The Morgan fingerprint density at radius 1 is 1.20 bits per heavy atom. The third-order valence-corrected chi connectivity index (χ3v) is 3.61. The Balaban J connectivity index is 2.08. The van der Waals surface area contributed by atoms with E-state index in [0.717, 1.165) is 25.8 Å². The van der Waals surface area contributed by atoms with Crippen LogP contribution < -0.4 is 5.73 Å². The topological polar surface area (TPSA) is 63.4 Å². The van der Waals surface area contributed by atoms with Gasteiger partial charge in [0, 0.05) is 23.7 Å². The summed E-state index contributed by atoms with van der Waals surface area (Å²) in [6, 6.07) is 7.00. The molecule has 0 aliphatic heterocycles. The van der Waals surface area contributed by atoms with Crippen LogP contribution in [0.1, 0.15) is 53.8 Å². The highest BCUT2D eigenvalue weighted by Gasteiger charge is 2.32. The molecule has 0 heterocycles. The Labute approximate surface area is 119 Å². The zero-order chi connectivity index (χ0) is 14.7. The summed E-state index contributed by atoms with van der Waals surface area (Å²) >= 11 is 0. The molecule has 4 heteroatoms. The molecule has 2 amide bonds. The lowest BCUT2D eigenvalue weighted by atomic mass is 10.1. The van der Waals surface area contributed by atoms with Crippen LogP contribution in [0, 0.1) is 5.92 Å². The van der Waals surface area contributed by atoms with E-state index in [2.05, 4.69) is 13.8 Å². The van der Waals surface area contributed by atoms with E-state index in [1.165, 1.54) is 0 Å². The fourth-order valence-corrected chi connectivity index (χ4v) is 2.18. The number of benzene rings is 1. The van der Waals surface area contributed by atoms with E-state index in [-0.39, 0.29) is 5.91 Å². The first kappa shape index (κ1) is 14.6. The number of hydrogen-bond acceptors (Lipinski definition) is 2. The van der Waals surface area contributed by atoms with Crippen LogP contribution in [0.3, 0.4) is 0 Å². The van der Waals surface area contributed by atoms with E-state index in [4.69, 9.17) is 5.73 Å². The molecule has 0 unspecified atom stereocenters. The molecule has 4 nitrogen and oxygen atoms in total. The summed E-state index contributed by atoms with van der Waals surface area (Å²) in [6.45, 7) is 5.13. The molecule has 0 spiro atoms. The Morgan fingerprint density at radius 3 is 2.20 bits per heavy atom. The largest absolute Gasteiger partial charge is 0.366 e. The number of amides is 2. The maximum Gasteiger partial charge on any atom is 0.254 e. The van der Waals surface area contributed by atoms with E-state index in [1.54, 1.807) is 24.3 Å². The van der Waals surface area contributed by atoms with Gasteiger partial charge in [-0.05, 0) is 49.4 Å². The van der Waals surface area contributed by atoms with Gasteiger partial charge in [-0.25, -0.2) is 0 Å². The predicted octanol–water partition coefficient (Wildman–Crippen LogP) is 2.44. The average Bonchev–Trinajstić information content (AvgIpc) is 3.23. The predicted molar refractivity (Wildman–Crippen MR) is 78.5 cm³/mol. The minimum atomic E-state index is -0.470. The van der Waals surface area contributed by atoms with Crippen molar-refractivity contribution >= 4 is 11.8 Å². The Morgan fingerprint density at radius 2 is 1.75 bits per heavy atom. The smallest absolute Gasteiger partial charge is 0.254 e. The van der Waals surface area contributed by atoms with Crippen LogP contribution in [-0.4, -0.2) is 29.3 Å². The van der Waals surface area contributed by atoms with Crippen LogP contribution >= 0.6 is 0 Å². The van der Waals surface area contributed by atoms with Crippen molar-refractivity contribution in [2.24, 2.45) is 11.7 Å². The van der Waals surface area contributed by atoms with Crippen LogP contribution in [0.5, 0.6) is 0 Å². The molecule has 1 aliphatic carbocycles. The van der Waals surface area contributed by atoms with Gasteiger partial charge in [0.2, 0.25) is 5.91 Å². The highest BCUT2D eigenvalue weighted by atomic mass is 16.2. The highest BCUT2D eigenvalue weighted by molar-refractivity contribution is 5.97. The summed E-state index contributed by atoms with van der Waals surface area (Å²) in [6.07, 6.45) is 3.22. The number of primary amides is 1. The van der Waals surface area contributed by atoms with Crippen LogP contribution in [0.15, 0.2) is 24.3 Å². The number of rotatable bonds is 6. The number of carbonyl (C=O) groups is 2. The molecule has 1 aromatic rings. The first-order chi connectivity index (χ1) is 9.49. The molecule has 2 rings (SSSR count). The molecular weight excluding hydrogens is 252 g/mol. The van der Waals surface area contributed by atoms with Crippen LogP contribution in [0.2, 0.25) is 0 Å². The number of nitrogens with two attached hydrogens (primary N) is 1. The first-order valence-electron chi connectivity index (χ1n) is 7.20. The van der Waals surface area contributed by atoms with Gasteiger partial charge in [-0.2, -0.15) is 0 Å². The van der Waals surface area contributed by atoms with Gasteiger partial charge in [0.25, 0.3) is 5.91 Å². The fourth-order valence-electron chi connectivity index (χ4n) is 2.18. The van der Waals surface area contributed by atoms with E-state index in [1.807, 2.05) is 4.90 Å². The van der Waals surface area contributed by atoms with Crippen LogP contribution in [0.25, 0.3) is 0 Å². The monoisotopic (exact) mass is 274 g/mol. The van der Waals surface area contributed by atoms with E-state index < -0.39 is 5.91 Å². The second kappa shape index (κ2) is 6.07. The molecule has 1 aliphatic rings. The molecule has 0 saturated heterocycles. The second-order valence-corrected chi connectivity index (χ2v) is 5.85. The molecule has 20 heavy (non-hydrogen) atoms. The summed E-state index contributed by atoms with van der Waals surface area (Å²) in [7, 11) is 0. The van der Waals surface area contributed by atoms with Crippen molar-refractivity contribution in [1.29, 1.82) is 0 Å². The van der Waals surface area contributed by atoms with Gasteiger partial charge in [0.05, 0.1) is 0 Å². The lowest BCUT2D eigenvalue weighted by Crippen LogP contribution is -2.34. The Kier molecular flexibility index (Phi) is 4.42. The standard InChI is InChI=1S/C16H22N2O2/c1-11(2)9-10-18(14-7-8-14)16(20)13-5-3-12(4-6-13)15(17)19/h3-6,11,14H,7-10H2,1-2H3,(H2,17,19). The fraction of sp³-hybridized carbons (Fsp3) is 0.500. The Bertz CT molecular complexity index is 490. The van der Waals surface area contributed by atoms with Gasteiger partial charge >= 0.3 is 0 Å². The zero-order valence-corrected chi connectivity index (χ0v) is 12.1. The van der Waals surface area contributed by atoms with E-state index >= 15 is 0 Å². The first-order valence-corrected chi connectivity index (χ1v) is 7.20. The minimum Gasteiger partial charge on any atom is -0.366 e. The molecule has 1 fully saturated rings. The van der Waals surface area contributed by atoms with Crippen LogP contribution in [-0.2, 0) is 0 Å². The molecule has 1 aromatic carbocycles. The van der Waals surface area contributed by atoms with Crippen molar-refractivity contribution in [3.05, 3.63) is 35.4 Å². The van der Waals surface area contributed by atoms with Gasteiger partial charge < -0.3 is 10.6 Å². The van der Waals surface area contributed by atoms with Crippen molar-refractivity contribution in [3.8, 4) is 0 Å². The molecule has 2 N–H and O–H groups in total. The maximum absolute atomic E-state index is 12.5. The maximum atomic E-state index is 12.5. The van der Waals surface area contributed by atoms with Gasteiger partial charge in [-0.1, -0.05) is 13.8 Å². The minimum absolute atomic E-state index is 0.0594. The van der Waals surface area contributed by atoms with Crippen molar-refractivity contribution in [3.63, 3.8) is 0 Å². The summed E-state index contributed by atoms with van der Waals surface area (Å²) in [5.74, 6) is 0.174. The van der Waals surface area contributed by atoms with E-state index in [0.29, 0.717) is 23.1 Å². The molecule has 108 valence electrons. The van der Waals surface area contributed by atoms with Gasteiger partial charge in [0.1, 0.15) is 0 Å². The second-order valence-electron chi connectivity index (χ2n) is 5.85. The molecule has 0 aromatic heterocycles. The molecule has 0 bridgehead atoms. The third-order valence-electron chi connectivity index (χ3n) is 3.61. The normalized spacial score (nSPS) is 14.3. The molecule has 1 saturated carbocycles. The summed E-state index contributed by atoms with van der Waals surface area (Å²) in [4.78, 5) is 25.5. The molecular formula is C16H22N2O2. The quantitative estimate of drug-likeness (QED) is 0.866. The summed E-state index contributed by atoms with van der Waals surface area (Å²) in [5.41, 5.74) is 6.27. The van der Waals surface area contributed by atoms with Crippen LogP contribution in [0.4, 0.5) is 0 Å². The lowest BCUT2D eigenvalue weighted by Gasteiger charge is -2.23. The highest BCUT2D eigenvalue weighted by Crippen LogP contribution is 2.29. The summed E-state index contributed by atoms with van der Waals surface area (Å²) in [5, 5.41) is 0.